The largest absolute Gasteiger partial charge is 0.396 e. The lowest BCUT2D eigenvalue weighted by atomic mass is 9.86. The van der Waals surface area contributed by atoms with Gasteiger partial charge < -0.3 is 5.11 Å². The first kappa shape index (κ1) is 15.7. The number of hydrazone groups is 1. The van der Waals surface area contributed by atoms with Gasteiger partial charge in [0.05, 0.1) is 5.71 Å². The van der Waals surface area contributed by atoms with Crippen molar-refractivity contribution in [2.45, 2.75) is 39.5 Å². The Morgan fingerprint density at radius 2 is 1.79 bits per heavy atom. The number of aliphatic hydroxyl groups is 1. The van der Waals surface area contributed by atoms with Crippen molar-refractivity contribution in [3.8, 4) is 0 Å². The first-order valence-corrected chi connectivity index (χ1v) is 6.82. The van der Waals surface area contributed by atoms with E-state index in [4.69, 9.17) is 5.11 Å². The zero-order valence-corrected chi connectivity index (χ0v) is 12.8. The van der Waals surface area contributed by atoms with Crippen molar-refractivity contribution in [2.75, 3.05) is 20.2 Å². The van der Waals surface area contributed by atoms with Crippen LogP contribution in [0.5, 0.6) is 0 Å². The first-order chi connectivity index (χ1) is 8.84. The molecule has 1 N–H and O–H groups in total. The number of hydrogen-bond acceptors (Lipinski definition) is 3. The second kappa shape index (κ2) is 6.71. The number of benzene rings is 1. The number of hydrogen-bond donors (Lipinski definition) is 1. The summed E-state index contributed by atoms with van der Waals surface area (Å²) in [5, 5.41) is 15.2. The van der Waals surface area contributed by atoms with Crippen molar-refractivity contribution in [1.29, 1.82) is 0 Å². The molecular weight excluding hydrogens is 236 g/mol. The van der Waals surface area contributed by atoms with E-state index in [0.29, 0.717) is 0 Å². The summed E-state index contributed by atoms with van der Waals surface area (Å²) < 4.78 is 0. The van der Waals surface area contributed by atoms with Gasteiger partial charge in [0.15, 0.2) is 0 Å². The van der Waals surface area contributed by atoms with E-state index in [-0.39, 0.29) is 12.0 Å². The highest BCUT2D eigenvalue weighted by Crippen LogP contribution is 2.22. The molecule has 0 fully saturated rings. The van der Waals surface area contributed by atoms with Crippen LogP contribution in [-0.4, -0.2) is 36.0 Å². The van der Waals surface area contributed by atoms with E-state index in [0.717, 1.165) is 24.2 Å². The van der Waals surface area contributed by atoms with Gasteiger partial charge in [-0.3, -0.25) is 5.01 Å². The van der Waals surface area contributed by atoms with Crippen molar-refractivity contribution in [3.05, 3.63) is 35.4 Å². The van der Waals surface area contributed by atoms with Gasteiger partial charge in [0, 0.05) is 20.2 Å². The normalized spacial score (nSPS) is 12.6. The maximum absolute atomic E-state index is 8.80. The molecule has 3 nitrogen and oxygen atoms in total. The van der Waals surface area contributed by atoms with E-state index in [1.165, 1.54) is 5.56 Å². The van der Waals surface area contributed by atoms with Crippen LogP contribution in [0.1, 0.15) is 45.2 Å². The van der Waals surface area contributed by atoms with E-state index >= 15 is 0 Å². The van der Waals surface area contributed by atoms with Gasteiger partial charge in [0.25, 0.3) is 0 Å². The molecule has 0 aliphatic rings. The third-order valence-corrected chi connectivity index (χ3v) is 3.13. The fourth-order valence-corrected chi connectivity index (χ4v) is 1.87. The summed E-state index contributed by atoms with van der Waals surface area (Å²) in [4.78, 5) is 0. The molecule has 0 saturated heterocycles. The molecule has 1 rings (SSSR count). The van der Waals surface area contributed by atoms with Gasteiger partial charge in [-0.15, -0.1) is 0 Å². The van der Waals surface area contributed by atoms with Gasteiger partial charge in [-0.1, -0.05) is 45.0 Å². The molecule has 106 valence electrons. The van der Waals surface area contributed by atoms with Crippen LogP contribution in [0.3, 0.4) is 0 Å². The minimum atomic E-state index is 0.182. The van der Waals surface area contributed by atoms with Crippen molar-refractivity contribution in [3.63, 3.8) is 0 Å². The van der Waals surface area contributed by atoms with E-state index in [1.807, 2.05) is 19.0 Å². The van der Waals surface area contributed by atoms with Crippen molar-refractivity contribution < 1.29 is 5.11 Å². The molecule has 1 aromatic rings. The van der Waals surface area contributed by atoms with Crippen LogP contribution < -0.4 is 0 Å². The number of rotatable bonds is 5. The molecule has 19 heavy (non-hydrogen) atoms. The predicted molar refractivity (Wildman–Crippen MR) is 81.7 cm³/mol. The lowest BCUT2D eigenvalue weighted by Crippen LogP contribution is -2.16. The summed E-state index contributed by atoms with van der Waals surface area (Å²) in [6.07, 6.45) is 0.746. The Bertz CT molecular complexity index is 415. The zero-order valence-electron chi connectivity index (χ0n) is 12.8. The molecule has 3 heteroatoms. The zero-order chi connectivity index (χ0) is 14.5. The van der Waals surface area contributed by atoms with E-state index in [1.54, 1.807) is 0 Å². The summed E-state index contributed by atoms with van der Waals surface area (Å²) in [6, 6.07) is 8.59. The van der Waals surface area contributed by atoms with E-state index in [9.17, 15) is 0 Å². The van der Waals surface area contributed by atoms with Crippen LogP contribution in [0.15, 0.2) is 29.4 Å². The molecule has 0 radical (unpaired) electrons. The van der Waals surface area contributed by atoms with Crippen LogP contribution in [0.25, 0.3) is 0 Å². The summed E-state index contributed by atoms with van der Waals surface area (Å²) in [5.41, 5.74) is 3.66. The molecule has 0 amide bonds. The van der Waals surface area contributed by atoms with Gasteiger partial charge in [-0.25, -0.2) is 0 Å². The standard InChI is InChI=1S/C16H26N2O/c1-13(17-18(5)11-6-12-19)14-7-9-15(10-8-14)16(2,3)4/h7-10,19H,6,11-12H2,1-5H3/b17-13+. The molecule has 0 aliphatic carbocycles. The fourth-order valence-electron chi connectivity index (χ4n) is 1.87. The first-order valence-electron chi connectivity index (χ1n) is 6.82. The molecule has 0 atom stereocenters. The second-order valence-electron chi connectivity index (χ2n) is 5.97. The van der Waals surface area contributed by atoms with Crippen LogP contribution in [-0.2, 0) is 5.41 Å². The smallest absolute Gasteiger partial charge is 0.0646 e. The topological polar surface area (TPSA) is 35.8 Å². The molecule has 0 spiro atoms. The highest BCUT2D eigenvalue weighted by molar-refractivity contribution is 5.98. The monoisotopic (exact) mass is 262 g/mol. The Balaban J connectivity index is 2.77. The highest BCUT2D eigenvalue weighted by Gasteiger charge is 2.13. The molecule has 0 aliphatic heterocycles. The summed E-state index contributed by atoms with van der Waals surface area (Å²) >= 11 is 0. The minimum absolute atomic E-state index is 0.182. The number of aliphatic hydroxyl groups excluding tert-OH is 1. The van der Waals surface area contributed by atoms with Crippen LogP contribution >= 0.6 is 0 Å². The Morgan fingerprint density at radius 1 is 1.21 bits per heavy atom. The molecule has 1 aromatic carbocycles. The van der Waals surface area contributed by atoms with Crippen molar-refractivity contribution in [1.82, 2.24) is 5.01 Å². The summed E-state index contributed by atoms with van der Waals surface area (Å²) in [5.74, 6) is 0. The lowest BCUT2D eigenvalue weighted by Gasteiger charge is -2.19. The third kappa shape index (κ3) is 5.03. The fraction of sp³-hybridized carbons (Fsp3) is 0.562. The number of nitrogens with zero attached hydrogens (tertiary/aromatic N) is 2. The maximum atomic E-state index is 8.80. The SMILES string of the molecule is C/C(=N\N(C)CCCO)c1ccc(C(C)(C)C)cc1. The highest BCUT2D eigenvalue weighted by atomic mass is 16.3. The molecule has 0 heterocycles. The van der Waals surface area contributed by atoms with Gasteiger partial charge in [0.2, 0.25) is 0 Å². The molecule has 0 saturated carbocycles. The summed E-state index contributed by atoms with van der Waals surface area (Å²) in [7, 11) is 1.93. The Kier molecular flexibility index (Phi) is 5.55. The van der Waals surface area contributed by atoms with E-state index < -0.39 is 0 Å². The quantitative estimate of drug-likeness (QED) is 0.654. The Hall–Kier alpha value is -1.35. The van der Waals surface area contributed by atoms with E-state index in [2.05, 4.69) is 50.1 Å². The van der Waals surface area contributed by atoms with Crippen molar-refractivity contribution >= 4 is 5.71 Å². The van der Waals surface area contributed by atoms with Gasteiger partial charge >= 0.3 is 0 Å². The Morgan fingerprint density at radius 3 is 2.26 bits per heavy atom. The molecule has 0 bridgehead atoms. The predicted octanol–water partition coefficient (Wildman–Crippen LogP) is 3.02. The van der Waals surface area contributed by atoms with Gasteiger partial charge in [0.1, 0.15) is 0 Å². The van der Waals surface area contributed by atoms with Gasteiger partial charge in [-0.2, -0.15) is 5.10 Å². The maximum Gasteiger partial charge on any atom is 0.0646 e. The average molecular weight is 262 g/mol. The molecular formula is C16H26N2O. The summed E-state index contributed by atoms with van der Waals surface area (Å²) in [6.45, 7) is 9.64. The van der Waals surface area contributed by atoms with Gasteiger partial charge in [-0.05, 0) is 29.9 Å². The average Bonchev–Trinajstić information content (AvgIpc) is 2.35. The third-order valence-electron chi connectivity index (χ3n) is 3.13. The Labute approximate surface area is 117 Å². The molecule has 0 aromatic heterocycles. The lowest BCUT2D eigenvalue weighted by molar-refractivity contribution is 0.251. The molecule has 0 unspecified atom stereocenters. The van der Waals surface area contributed by atoms with Crippen LogP contribution in [0, 0.1) is 0 Å². The van der Waals surface area contributed by atoms with Crippen molar-refractivity contribution in [2.24, 2.45) is 5.10 Å². The van der Waals surface area contributed by atoms with Crippen LogP contribution in [0.4, 0.5) is 0 Å². The van der Waals surface area contributed by atoms with Crippen LogP contribution in [0.2, 0.25) is 0 Å². The second-order valence-corrected chi connectivity index (χ2v) is 5.97. The minimum Gasteiger partial charge on any atom is -0.396 e.